The summed E-state index contributed by atoms with van der Waals surface area (Å²) in [7, 11) is 0. The number of anilines is 1. The van der Waals surface area contributed by atoms with E-state index in [1.165, 1.54) is 16.9 Å². The van der Waals surface area contributed by atoms with Gasteiger partial charge in [-0.25, -0.2) is 4.68 Å². The molecule has 1 aliphatic heterocycles. The first-order valence-corrected chi connectivity index (χ1v) is 11.2. The van der Waals surface area contributed by atoms with E-state index in [4.69, 9.17) is 0 Å². The van der Waals surface area contributed by atoms with Gasteiger partial charge in [-0.1, -0.05) is 37.3 Å². The molecule has 3 aromatic rings. The van der Waals surface area contributed by atoms with Crippen LogP contribution >= 0.6 is 11.3 Å². The molecule has 1 saturated heterocycles. The molecular weight excluding hydrogens is 396 g/mol. The zero-order valence-corrected chi connectivity index (χ0v) is 17.9. The molecule has 0 atom stereocenters. The van der Waals surface area contributed by atoms with E-state index in [0.29, 0.717) is 38.3 Å². The fraction of sp³-hybridized carbons (Fsp3) is 0.348. The van der Waals surface area contributed by atoms with Crippen LogP contribution < -0.4 is 5.32 Å². The first-order chi connectivity index (χ1) is 14.6. The van der Waals surface area contributed by atoms with Crippen LogP contribution in [0.3, 0.4) is 0 Å². The highest BCUT2D eigenvalue weighted by Crippen LogP contribution is 2.22. The van der Waals surface area contributed by atoms with E-state index in [2.05, 4.69) is 41.6 Å². The fourth-order valence-corrected chi connectivity index (χ4v) is 4.44. The lowest BCUT2D eigenvalue weighted by Gasteiger charge is -2.31. The molecule has 0 spiro atoms. The van der Waals surface area contributed by atoms with Crippen molar-refractivity contribution in [1.82, 2.24) is 14.7 Å². The van der Waals surface area contributed by atoms with Gasteiger partial charge in [0.2, 0.25) is 5.91 Å². The van der Waals surface area contributed by atoms with Crippen LogP contribution in [0.2, 0.25) is 0 Å². The molecule has 1 aromatic carbocycles. The Bertz CT molecular complexity index is 987. The predicted octanol–water partition coefficient (Wildman–Crippen LogP) is 4.05. The number of carbonyl (C=O) groups is 2. The number of rotatable bonds is 6. The summed E-state index contributed by atoms with van der Waals surface area (Å²) in [5.74, 6) is 0.679. The van der Waals surface area contributed by atoms with Gasteiger partial charge in [-0.2, -0.15) is 5.10 Å². The van der Waals surface area contributed by atoms with Crippen molar-refractivity contribution >= 4 is 29.0 Å². The van der Waals surface area contributed by atoms with E-state index in [9.17, 15) is 9.59 Å². The van der Waals surface area contributed by atoms with Crippen molar-refractivity contribution in [3.05, 3.63) is 70.0 Å². The average molecular weight is 423 g/mol. The number of likely N-dealkylation sites (tertiary alicyclic amines) is 1. The Hall–Kier alpha value is -2.93. The van der Waals surface area contributed by atoms with Gasteiger partial charge in [-0.15, -0.1) is 11.3 Å². The molecule has 2 amide bonds. The van der Waals surface area contributed by atoms with Crippen molar-refractivity contribution in [2.75, 3.05) is 18.4 Å². The molecule has 7 heteroatoms. The summed E-state index contributed by atoms with van der Waals surface area (Å²) in [5, 5.41) is 9.31. The number of amides is 2. The number of aromatic nitrogens is 2. The van der Waals surface area contributed by atoms with Crippen LogP contribution in [-0.4, -0.2) is 39.6 Å². The summed E-state index contributed by atoms with van der Waals surface area (Å²) in [4.78, 5) is 27.9. The van der Waals surface area contributed by atoms with Gasteiger partial charge in [0.05, 0.1) is 17.6 Å². The number of piperidine rings is 1. The molecule has 2 aromatic heterocycles. The maximum absolute atomic E-state index is 12.8. The third-order valence-electron chi connectivity index (χ3n) is 5.62. The van der Waals surface area contributed by atoms with Crippen molar-refractivity contribution in [1.29, 1.82) is 0 Å². The van der Waals surface area contributed by atoms with Crippen LogP contribution in [0.1, 0.15) is 40.6 Å². The second-order valence-corrected chi connectivity index (χ2v) is 8.52. The van der Waals surface area contributed by atoms with Crippen molar-refractivity contribution in [2.24, 2.45) is 5.92 Å². The number of benzene rings is 1. The van der Waals surface area contributed by atoms with Gasteiger partial charge in [0, 0.05) is 25.1 Å². The van der Waals surface area contributed by atoms with Crippen molar-refractivity contribution < 1.29 is 9.59 Å². The number of hydrogen-bond donors (Lipinski definition) is 1. The van der Waals surface area contributed by atoms with Crippen LogP contribution in [-0.2, 0) is 17.8 Å². The molecule has 1 N–H and O–H groups in total. The first kappa shape index (κ1) is 20.3. The van der Waals surface area contributed by atoms with E-state index in [1.54, 1.807) is 6.20 Å². The number of thiophene rings is 1. The summed E-state index contributed by atoms with van der Waals surface area (Å²) < 4.78 is 1.81. The van der Waals surface area contributed by atoms with Crippen LogP contribution in [0.4, 0.5) is 5.82 Å². The van der Waals surface area contributed by atoms with Gasteiger partial charge in [-0.05, 0) is 41.8 Å². The molecule has 0 radical (unpaired) electrons. The Morgan fingerprint density at radius 2 is 1.83 bits per heavy atom. The zero-order valence-electron chi connectivity index (χ0n) is 17.1. The molecule has 4 rings (SSSR count). The maximum Gasteiger partial charge on any atom is 0.263 e. The Morgan fingerprint density at radius 1 is 1.10 bits per heavy atom. The Morgan fingerprint density at radius 3 is 2.50 bits per heavy atom. The quantitative estimate of drug-likeness (QED) is 0.652. The Labute approximate surface area is 180 Å². The third kappa shape index (κ3) is 4.62. The number of hydrogen-bond acceptors (Lipinski definition) is 4. The molecule has 3 heterocycles. The lowest BCUT2D eigenvalue weighted by Crippen LogP contribution is -2.41. The molecule has 156 valence electrons. The number of nitrogens with one attached hydrogen (secondary N) is 1. The fourth-order valence-electron chi connectivity index (χ4n) is 3.75. The van der Waals surface area contributed by atoms with Crippen molar-refractivity contribution in [3.63, 3.8) is 0 Å². The lowest BCUT2D eigenvalue weighted by atomic mass is 9.96. The minimum Gasteiger partial charge on any atom is -0.338 e. The van der Waals surface area contributed by atoms with Crippen LogP contribution in [0.15, 0.2) is 54.0 Å². The standard InChI is InChI=1S/C23H26N4O2S/c1-2-17-5-7-18(8-6-17)16-27-21(9-12-24-27)25-22(28)19-10-13-26(14-11-19)23(29)20-4-3-15-30-20/h3-9,12,15,19H,2,10-11,13-14,16H2,1H3,(H,25,28). The topological polar surface area (TPSA) is 67.2 Å². The molecule has 30 heavy (non-hydrogen) atoms. The molecule has 0 unspecified atom stereocenters. The monoisotopic (exact) mass is 422 g/mol. The van der Waals surface area contributed by atoms with Gasteiger partial charge < -0.3 is 10.2 Å². The Balaban J connectivity index is 1.32. The van der Waals surface area contributed by atoms with Gasteiger partial charge in [0.25, 0.3) is 5.91 Å². The highest BCUT2D eigenvalue weighted by Gasteiger charge is 2.28. The SMILES string of the molecule is CCc1ccc(Cn2nccc2NC(=O)C2CCN(C(=O)c3cccs3)CC2)cc1. The maximum atomic E-state index is 12.8. The van der Waals surface area contributed by atoms with Gasteiger partial charge in [-0.3, -0.25) is 9.59 Å². The van der Waals surface area contributed by atoms with Gasteiger partial charge in [0.15, 0.2) is 0 Å². The van der Waals surface area contributed by atoms with Crippen LogP contribution in [0.25, 0.3) is 0 Å². The van der Waals surface area contributed by atoms with E-state index in [0.717, 1.165) is 16.9 Å². The van der Waals surface area contributed by atoms with E-state index in [-0.39, 0.29) is 17.7 Å². The first-order valence-electron chi connectivity index (χ1n) is 10.4. The molecule has 1 fully saturated rings. The normalized spacial score (nSPS) is 14.6. The molecule has 0 bridgehead atoms. The van der Waals surface area contributed by atoms with Crippen molar-refractivity contribution in [2.45, 2.75) is 32.7 Å². The largest absolute Gasteiger partial charge is 0.338 e. The second-order valence-electron chi connectivity index (χ2n) is 7.58. The lowest BCUT2D eigenvalue weighted by molar-refractivity contribution is -0.121. The van der Waals surface area contributed by atoms with Gasteiger partial charge in [0.1, 0.15) is 5.82 Å². The van der Waals surface area contributed by atoms with Gasteiger partial charge >= 0.3 is 0 Å². The molecule has 0 saturated carbocycles. The summed E-state index contributed by atoms with van der Waals surface area (Å²) in [6.45, 7) is 3.97. The van der Waals surface area contributed by atoms with Crippen molar-refractivity contribution in [3.8, 4) is 0 Å². The van der Waals surface area contributed by atoms with E-state index >= 15 is 0 Å². The molecule has 6 nitrogen and oxygen atoms in total. The van der Waals surface area contributed by atoms with E-state index in [1.807, 2.05) is 33.2 Å². The minimum absolute atomic E-state index is 0.00121. The highest BCUT2D eigenvalue weighted by atomic mass is 32.1. The molecule has 1 aliphatic rings. The smallest absolute Gasteiger partial charge is 0.263 e. The third-order valence-corrected chi connectivity index (χ3v) is 6.47. The van der Waals surface area contributed by atoms with E-state index < -0.39 is 0 Å². The summed E-state index contributed by atoms with van der Waals surface area (Å²) in [5.41, 5.74) is 2.45. The molecular formula is C23H26N4O2S. The summed E-state index contributed by atoms with van der Waals surface area (Å²) in [6.07, 6.45) is 4.07. The second kappa shape index (κ2) is 9.26. The summed E-state index contributed by atoms with van der Waals surface area (Å²) in [6, 6.07) is 14.0. The average Bonchev–Trinajstić information content (AvgIpc) is 3.47. The number of aryl methyl sites for hydroxylation is 1. The highest BCUT2D eigenvalue weighted by molar-refractivity contribution is 7.12. The molecule has 0 aliphatic carbocycles. The minimum atomic E-state index is -0.0930. The number of nitrogens with zero attached hydrogens (tertiary/aromatic N) is 3. The number of carbonyl (C=O) groups excluding carboxylic acids is 2. The summed E-state index contributed by atoms with van der Waals surface area (Å²) >= 11 is 1.46. The zero-order chi connectivity index (χ0) is 20.9. The van der Waals surface area contributed by atoms with Crippen LogP contribution in [0.5, 0.6) is 0 Å². The Kier molecular flexibility index (Phi) is 6.28. The predicted molar refractivity (Wildman–Crippen MR) is 119 cm³/mol. The van der Waals surface area contributed by atoms with Crippen LogP contribution in [0, 0.1) is 5.92 Å².